The first-order valence-corrected chi connectivity index (χ1v) is 5.77. The summed E-state index contributed by atoms with van der Waals surface area (Å²) < 4.78 is 1.75. The number of nitrogens with zero attached hydrogens (tertiary/aromatic N) is 2. The molecule has 0 unspecified atom stereocenters. The minimum atomic E-state index is -0.874. The van der Waals surface area contributed by atoms with Crippen molar-refractivity contribution >= 4 is 22.8 Å². The summed E-state index contributed by atoms with van der Waals surface area (Å²) in [6.07, 6.45) is 0. The van der Waals surface area contributed by atoms with Gasteiger partial charge < -0.3 is 15.4 Å². The molecule has 0 aliphatic heterocycles. The first kappa shape index (κ1) is 12.6. The van der Waals surface area contributed by atoms with Gasteiger partial charge in [0.05, 0.1) is 23.2 Å². The van der Waals surface area contributed by atoms with Gasteiger partial charge >= 0.3 is 0 Å². The van der Waals surface area contributed by atoms with Gasteiger partial charge in [-0.05, 0) is 39.0 Å². The largest absolute Gasteiger partial charge is 0.389 e. The van der Waals surface area contributed by atoms with Gasteiger partial charge in [-0.2, -0.15) is 0 Å². The number of carbonyl (C=O) groups excluding carboxylic acids is 1. The number of rotatable bonds is 3. The quantitative estimate of drug-likeness (QED) is 0.807. The van der Waals surface area contributed by atoms with Crippen molar-refractivity contribution in [3.8, 4) is 0 Å². The lowest BCUT2D eigenvalue weighted by Gasteiger charge is -2.19. The van der Waals surface area contributed by atoms with Crippen molar-refractivity contribution in [2.45, 2.75) is 32.9 Å². The van der Waals surface area contributed by atoms with Gasteiger partial charge in [-0.1, -0.05) is 0 Å². The molecular weight excluding hydrogens is 230 g/mol. The summed E-state index contributed by atoms with van der Waals surface area (Å²) in [5.41, 5.74) is 7.07. The minimum absolute atomic E-state index is 0.00694. The molecule has 0 bridgehead atoms. The third-order valence-corrected chi connectivity index (χ3v) is 2.73. The number of nitrogen functional groups attached to an aromatic ring is 1. The second-order valence-corrected chi connectivity index (χ2v) is 5.13. The van der Waals surface area contributed by atoms with Gasteiger partial charge in [0.1, 0.15) is 0 Å². The number of hydrogen-bond donors (Lipinski definition) is 2. The van der Waals surface area contributed by atoms with Crippen LogP contribution >= 0.6 is 0 Å². The SMILES string of the molecule is CC(=O)c1ccc2c(c1)nc(N)n2CC(C)(C)O. The Labute approximate surface area is 105 Å². The fourth-order valence-electron chi connectivity index (χ4n) is 1.92. The molecule has 0 radical (unpaired) electrons. The summed E-state index contributed by atoms with van der Waals surface area (Å²) in [5.74, 6) is 0.334. The second kappa shape index (κ2) is 4.10. The highest BCUT2D eigenvalue weighted by molar-refractivity contribution is 5.97. The van der Waals surface area contributed by atoms with E-state index >= 15 is 0 Å². The van der Waals surface area contributed by atoms with Gasteiger partial charge in [0.15, 0.2) is 5.78 Å². The van der Waals surface area contributed by atoms with E-state index in [2.05, 4.69) is 4.98 Å². The average molecular weight is 247 g/mol. The summed E-state index contributed by atoms with van der Waals surface area (Å²) in [7, 11) is 0. The number of hydrogen-bond acceptors (Lipinski definition) is 4. The third kappa shape index (κ3) is 2.36. The van der Waals surface area contributed by atoms with Crippen LogP contribution < -0.4 is 5.73 Å². The Morgan fingerprint density at radius 2 is 2.17 bits per heavy atom. The molecule has 3 N–H and O–H groups in total. The van der Waals surface area contributed by atoms with Crippen LogP contribution in [-0.2, 0) is 6.54 Å². The Bertz CT molecular complexity index is 608. The van der Waals surface area contributed by atoms with E-state index < -0.39 is 5.60 Å². The highest BCUT2D eigenvalue weighted by Crippen LogP contribution is 2.22. The van der Waals surface area contributed by atoms with Crippen molar-refractivity contribution < 1.29 is 9.90 Å². The van der Waals surface area contributed by atoms with E-state index in [0.29, 0.717) is 23.6 Å². The smallest absolute Gasteiger partial charge is 0.201 e. The molecule has 0 atom stereocenters. The fourth-order valence-corrected chi connectivity index (χ4v) is 1.92. The lowest BCUT2D eigenvalue weighted by molar-refractivity contribution is 0.0632. The number of benzene rings is 1. The van der Waals surface area contributed by atoms with E-state index in [0.717, 1.165) is 5.52 Å². The van der Waals surface area contributed by atoms with Gasteiger partial charge in [0.25, 0.3) is 0 Å². The molecule has 0 fully saturated rings. The molecular formula is C13H17N3O2. The maximum absolute atomic E-state index is 11.3. The lowest BCUT2D eigenvalue weighted by Crippen LogP contribution is -2.26. The highest BCUT2D eigenvalue weighted by atomic mass is 16.3. The molecule has 1 aromatic carbocycles. The molecule has 2 rings (SSSR count). The summed E-state index contributed by atoms with van der Waals surface area (Å²) in [6.45, 7) is 5.29. The van der Waals surface area contributed by atoms with Crippen LogP contribution in [0.25, 0.3) is 11.0 Å². The van der Waals surface area contributed by atoms with Gasteiger partial charge in [0, 0.05) is 5.56 Å². The number of aromatic nitrogens is 2. The maximum Gasteiger partial charge on any atom is 0.201 e. The van der Waals surface area contributed by atoms with E-state index in [1.165, 1.54) is 6.92 Å². The van der Waals surface area contributed by atoms with Crippen LogP contribution in [0.4, 0.5) is 5.95 Å². The standard InChI is InChI=1S/C13H17N3O2/c1-8(17)9-4-5-11-10(6-9)15-12(14)16(11)7-13(2,3)18/h4-6,18H,7H2,1-3H3,(H2,14,15). The Hall–Kier alpha value is -1.88. The normalized spacial score (nSPS) is 12.0. The van der Waals surface area contributed by atoms with E-state index in [1.807, 2.05) is 0 Å². The monoisotopic (exact) mass is 247 g/mol. The molecule has 1 aromatic heterocycles. The summed E-state index contributed by atoms with van der Waals surface area (Å²) in [4.78, 5) is 15.5. The maximum atomic E-state index is 11.3. The summed E-state index contributed by atoms with van der Waals surface area (Å²) in [5, 5.41) is 9.86. The van der Waals surface area contributed by atoms with E-state index in [4.69, 9.17) is 5.73 Å². The Balaban J connectivity index is 2.55. The van der Waals surface area contributed by atoms with Gasteiger partial charge in [-0.3, -0.25) is 4.79 Å². The fraction of sp³-hybridized carbons (Fsp3) is 0.385. The molecule has 5 nitrogen and oxygen atoms in total. The van der Waals surface area contributed by atoms with Crippen molar-refractivity contribution in [2.75, 3.05) is 5.73 Å². The second-order valence-electron chi connectivity index (χ2n) is 5.13. The van der Waals surface area contributed by atoms with Crippen LogP contribution in [0, 0.1) is 0 Å². The first-order chi connectivity index (χ1) is 8.28. The number of anilines is 1. The van der Waals surface area contributed by atoms with Crippen molar-refractivity contribution in [1.82, 2.24) is 9.55 Å². The highest BCUT2D eigenvalue weighted by Gasteiger charge is 2.18. The molecule has 0 spiro atoms. The van der Waals surface area contributed by atoms with Crippen LogP contribution in [0.1, 0.15) is 31.1 Å². The summed E-state index contributed by atoms with van der Waals surface area (Å²) in [6, 6.07) is 5.27. The zero-order valence-corrected chi connectivity index (χ0v) is 10.8. The number of ketones is 1. The van der Waals surface area contributed by atoms with E-state index in [-0.39, 0.29) is 5.78 Å². The van der Waals surface area contributed by atoms with Crippen molar-refractivity contribution in [3.05, 3.63) is 23.8 Å². The topological polar surface area (TPSA) is 81.1 Å². The van der Waals surface area contributed by atoms with Gasteiger partial charge in [-0.15, -0.1) is 0 Å². The van der Waals surface area contributed by atoms with Crippen LogP contribution in [0.2, 0.25) is 0 Å². The molecule has 96 valence electrons. The third-order valence-electron chi connectivity index (χ3n) is 2.73. The van der Waals surface area contributed by atoms with E-state index in [9.17, 15) is 9.90 Å². The van der Waals surface area contributed by atoms with Crippen LogP contribution in [-0.4, -0.2) is 26.0 Å². The van der Waals surface area contributed by atoms with Gasteiger partial charge in [-0.25, -0.2) is 4.98 Å². The Morgan fingerprint density at radius 1 is 1.50 bits per heavy atom. The number of Topliss-reactive ketones (excluding diaryl/α,β-unsaturated/α-hetero) is 1. The van der Waals surface area contributed by atoms with Crippen molar-refractivity contribution in [2.24, 2.45) is 0 Å². The molecule has 0 saturated carbocycles. The number of fused-ring (bicyclic) bond motifs is 1. The van der Waals surface area contributed by atoms with Crippen molar-refractivity contribution in [3.63, 3.8) is 0 Å². The number of nitrogens with two attached hydrogens (primary N) is 1. The molecule has 0 saturated heterocycles. The van der Waals surface area contributed by atoms with Gasteiger partial charge in [0.2, 0.25) is 5.95 Å². The molecule has 0 aliphatic rings. The van der Waals surface area contributed by atoms with E-state index in [1.54, 1.807) is 36.6 Å². The zero-order chi connectivity index (χ0) is 13.5. The molecule has 5 heteroatoms. The number of imidazole rings is 1. The lowest BCUT2D eigenvalue weighted by atomic mass is 10.1. The molecule has 1 heterocycles. The number of aliphatic hydroxyl groups is 1. The molecule has 0 aliphatic carbocycles. The predicted octanol–water partition coefficient (Wildman–Crippen LogP) is 1.59. The zero-order valence-electron chi connectivity index (χ0n) is 10.8. The average Bonchev–Trinajstić information content (AvgIpc) is 2.52. The van der Waals surface area contributed by atoms with Crippen molar-refractivity contribution in [1.29, 1.82) is 0 Å². The summed E-state index contributed by atoms with van der Waals surface area (Å²) >= 11 is 0. The Morgan fingerprint density at radius 3 is 2.72 bits per heavy atom. The van der Waals surface area contributed by atoms with Crippen LogP contribution in [0.3, 0.4) is 0 Å². The molecule has 2 aromatic rings. The Kier molecular flexibility index (Phi) is 2.86. The first-order valence-electron chi connectivity index (χ1n) is 5.77. The number of carbonyl (C=O) groups is 1. The van der Waals surface area contributed by atoms with Crippen LogP contribution in [0.15, 0.2) is 18.2 Å². The minimum Gasteiger partial charge on any atom is -0.389 e. The predicted molar refractivity (Wildman–Crippen MR) is 70.4 cm³/mol. The van der Waals surface area contributed by atoms with Crippen LogP contribution in [0.5, 0.6) is 0 Å². The molecule has 18 heavy (non-hydrogen) atoms. The molecule has 0 amide bonds.